The molecule has 1 aliphatic heterocycles. The highest BCUT2D eigenvalue weighted by atomic mass is 32.2. The molecule has 1 unspecified atom stereocenters. The van der Waals surface area contributed by atoms with Crippen molar-refractivity contribution in [1.29, 1.82) is 0 Å². The van der Waals surface area contributed by atoms with Gasteiger partial charge >= 0.3 is 0 Å². The molecule has 0 aliphatic carbocycles. The van der Waals surface area contributed by atoms with Crippen molar-refractivity contribution in [2.24, 2.45) is 0 Å². The van der Waals surface area contributed by atoms with Crippen LogP contribution in [0.5, 0.6) is 0 Å². The lowest BCUT2D eigenvalue weighted by Gasteiger charge is -2.17. The number of likely N-dealkylation sites (tertiary alicyclic amines) is 1. The Morgan fingerprint density at radius 1 is 1.50 bits per heavy atom. The van der Waals surface area contributed by atoms with Crippen LogP contribution in [0.3, 0.4) is 0 Å². The zero-order valence-corrected chi connectivity index (χ0v) is 10.6. The second-order valence-electron chi connectivity index (χ2n) is 4.45. The maximum absolute atomic E-state index is 3.62. The van der Waals surface area contributed by atoms with Crippen molar-refractivity contribution >= 4 is 11.8 Å². The monoisotopic (exact) mass is 216 g/mol. The smallest absolute Gasteiger partial charge is 0.0209 e. The first-order valence-corrected chi connectivity index (χ1v) is 7.09. The molecule has 1 fully saturated rings. The second-order valence-corrected chi connectivity index (χ2v) is 5.44. The van der Waals surface area contributed by atoms with Gasteiger partial charge < -0.3 is 10.2 Å². The average molecular weight is 216 g/mol. The van der Waals surface area contributed by atoms with Crippen molar-refractivity contribution in [2.45, 2.75) is 38.8 Å². The lowest BCUT2D eigenvalue weighted by atomic mass is 10.2. The van der Waals surface area contributed by atoms with Crippen molar-refractivity contribution in [2.75, 3.05) is 31.6 Å². The van der Waals surface area contributed by atoms with Crippen molar-refractivity contribution < 1.29 is 0 Å². The summed E-state index contributed by atoms with van der Waals surface area (Å²) >= 11 is 1.95. The second kappa shape index (κ2) is 6.70. The summed E-state index contributed by atoms with van der Waals surface area (Å²) in [6.45, 7) is 8.30. The lowest BCUT2D eigenvalue weighted by molar-refractivity contribution is 0.326. The quantitative estimate of drug-likeness (QED) is 0.682. The van der Waals surface area contributed by atoms with Crippen LogP contribution in [0.4, 0.5) is 0 Å². The first kappa shape index (κ1) is 12.3. The van der Waals surface area contributed by atoms with Gasteiger partial charge in [-0.3, -0.25) is 0 Å². The van der Waals surface area contributed by atoms with Crippen LogP contribution >= 0.6 is 11.8 Å². The van der Waals surface area contributed by atoms with E-state index in [1.807, 2.05) is 11.8 Å². The van der Waals surface area contributed by atoms with E-state index in [4.69, 9.17) is 0 Å². The summed E-state index contributed by atoms with van der Waals surface area (Å²) in [7, 11) is 0. The molecule has 1 saturated heterocycles. The molecule has 14 heavy (non-hydrogen) atoms. The maximum Gasteiger partial charge on any atom is 0.0209 e. The number of nitrogens with one attached hydrogen (secondary N) is 1. The molecule has 1 heterocycles. The molecule has 3 heteroatoms. The molecule has 0 radical (unpaired) electrons. The topological polar surface area (TPSA) is 15.3 Å². The summed E-state index contributed by atoms with van der Waals surface area (Å²) in [5, 5.41) is 3.62. The summed E-state index contributed by atoms with van der Waals surface area (Å²) in [6.07, 6.45) is 4.86. The molecule has 0 saturated carbocycles. The van der Waals surface area contributed by atoms with Gasteiger partial charge in [0.25, 0.3) is 0 Å². The molecule has 0 bridgehead atoms. The predicted molar refractivity (Wildman–Crippen MR) is 66.1 cm³/mol. The number of nitrogens with zero attached hydrogens (tertiary/aromatic N) is 1. The van der Waals surface area contributed by atoms with Crippen molar-refractivity contribution in [3.63, 3.8) is 0 Å². The largest absolute Gasteiger partial charge is 0.310 e. The molecular formula is C11H24N2S. The van der Waals surface area contributed by atoms with E-state index < -0.39 is 0 Å². The van der Waals surface area contributed by atoms with E-state index in [0.29, 0.717) is 6.04 Å². The first-order valence-electron chi connectivity index (χ1n) is 5.69. The van der Waals surface area contributed by atoms with Gasteiger partial charge in [-0.2, -0.15) is 11.8 Å². The molecule has 1 aliphatic rings. The van der Waals surface area contributed by atoms with E-state index in [-0.39, 0.29) is 0 Å². The standard InChI is InChI=1S/C11H24N2S/c1-10(2)12-11-5-7-13(9-11)6-4-8-14-3/h10-12H,4-9H2,1-3H3. The first-order chi connectivity index (χ1) is 6.72. The lowest BCUT2D eigenvalue weighted by Crippen LogP contribution is -2.37. The summed E-state index contributed by atoms with van der Waals surface area (Å²) in [5.41, 5.74) is 0. The Hall–Kier alpha value is 0.270. The summed E-state index contributed by atoms with van der Waals surface area (Å²) in [6, 6.07) is 1.37. The van der Waals surface area contributed by atoms with E-state index in [9.17, 15) is 0 Å². The average Bonchev–Trinajstić information content (AvgIpc) is 2.52. The zero-order valence-electron chi connectivity index (χ0n) is 9.75. The molecule has 2 nitrogen and oxygen atoms in total. The number of thioether (sulfide) groups is 1. The Bertz CT molecular complexity index is 150. The fourth-order valence-electron chi connectivity index (χ4n) is 2.08. The molecule has 1 rings (SSSR count). The normalized spacial score (nSPS) is 23.6. The fourth-order valence-corrected chi connectivity index (χ4v) is 2.49. The van der Waals surface area contributed by atoms with Gasteiger partial charge in [0, 0.05) is 18.6 Å². The van der Waals surface area contributed by atoms with E-state index in [2.05, 4.69) is 30.3 Å². The molecule has 84 valence electrons. The van der Waals surface area contributed by atoms with Crippen LogP contribution in [0.2, 0.25) is 0 Å². The Labute approximate surface area is 92.8 Å². The Morgan fingerprint density at radius 3 is 2.93 bits per heavy atom. The third-order valence-electron chi connectivity index (χ3n) is 2.66. The molecule has 1 N–H and O–H groups in total. The van der Waals surface area contributed by atoms with E-state index >= 15 is 0 Å². The highest BCUT2D eigenvalue weighted by Gasteiger charge is 2.21. The van der Waals surface area contributed by atoms with E-state index in [1.54, 1.807) is 0 Å². The SMILES string of the molecule is CSCCCN1CCC(NC(C)C)C1. The van der Waals surface area contributed by atoms with Crippen molar-refractivity contribution in [3.8, 4) is 0 Å². The van der Waals surface area contributed by atoms with Crippen LogP contribution in [0.15, 0.2) is 0 Å². The third kappa shape index (κ3) is 4.67. The number of hydrogen-bond acceptors (Lipinski definition) is 3. The van der Waals surface area contributed by atoms with Crippen LogP contribution in [0, 0.1) is 0 Å². The highest BCUT2D eigenvalue weighted by Crippen LogP contribution is 2.10. The van der Waals surface area contributed by atoms with E-state index in [0.717, 1.165) is 6.04 Å². The van der Waals surface area contributed by atoms with Crippen LogP contribution in [-0.4, -0.2) is 48.6 Å². The predicted octanol–water partition coefficient (Wildman–Crippen LogP) is 1.81. The van der Waals surface area contributed by atoms with Gasteiger partial charge in [-0.05, 0) is 37.9 Å². The summed E-state index contributed by atoms with van der Waals surface area (Å²) in [5.74, 6) is 1.30. The van der Waals surface area contributed by atoms with Crippen LogP contribution in [-0.2, 0) is 0 Å². The van der Waals surface area contributed by atoms with Gasteiger partial charge in [0.15, 0.2) is 0 Å². The Morgan fingerprint density at radius 2 is 2.29 bits per heavy atom. The highest BCUT2D eigenvalue weighted by molar-refractivity contribution is 7.98. The minimum atomic E-state index is 0.631. The third-order valence-corrected chi connectivity index (χ3v) is 3.36. The number of rotatable bonds is 6. The molecule has 0 amide bonds. The Balaban J connectivity index is 2.08. The zero-order chi connectivity index (χ0) is 10.4. The number of hydrogen-bond donors (Lipinski definition) is 1. The fraction of sp³-hybridized carbons (Fsp3) is 1.00. The summed E-state index contributed by atoms with van der Waals surface area (Å²) < 4.78 is 0. The summed E-state index contributed by atoms with van der Waals surface area (Å²) in [4.78, 5) is 2.59. The van der Waals surface area contributed by atoms with Crippen LogP contribution in [0.1, 0.15) is 26.7 Å². The van der Waals surface area contributed by atoms with Crippen molar-refractivity contribution in [3.05, 3.63) is 0 Å². The maximum atomic E-state index is 3.62. The van der Waals surface area contributed by atoms with Crippen LogP contribution < -0.4 is 5.32 Å². The molecule has 0 aromatic heterocycles. The van der Waals surface area contributed by atoms with Gasteiger partial charge in [-0.25, -0.2) is 0 Å². The van der Waals surface area contributed by atoms with E-state index in [1.165, 1.54) is 38.2 Å². The molecule has 1 atom stereocenters. The minimum Gasteiger partial charge on any atom is -0.310 e. The van der Waals surface area contributed by atoms with Gasteiger partial charge in [0.1, 0.15) is 0 Å². The molecule has 0 aromatic carbocycles. The van der Waals surface area contributed by atoms with Gasteiger partial charge in [0.2, 0.25) is 0 Å². The van der Waals surface area contributed by atoms with Crippen molar-refractivity contribution in [1.82, 2.24) is 10.2 Å². The minimum absolute atomic E-state index is 0.631. The Kier molecular flexibility index (Phi) is 5.90. The molecule has 0 spiro atoms. The van der Waals surface area contributed by atoms with Crippen LogP contribution in [0.25, 0.3) is 0 Å². The molecular weight excluding hydrogens is 192 g/mol. The van der Waals surface area contributed by atoms with Gasteiger partial charge in [-0.15, -0.1) is 0 Å². The van der Waals surface area contributed by atoms with Gasteiger partial charge in [0.05, 0.1) is 0 Å². The molecule has 0 aromatic rings. The van der Waals surface area contributed by atoms with Gasteiger partial charge in [-0.1, -0.05) is 13.8 Å².